The van der Waals surface area contributed by atoms with E-state index in [1.54, 1.807) is 28.1 Å². The van der Waals surface area contributed by atoms with Gasteiger partial charge in [-0.15, -0.1) is 11.8 Å². The molecule has 2 aliphatic rings. The Morgan fingerprint density at radius 2 is 2.11 bits per heavy atom. The summed E-state index contributed by atoms with van der Waals surface area (Å²) in [5.74, 6) is 6.87. The van der Waals surface area contributed by atoms with Crippen molar-refractivity contribution in [2.75, 3.05) is 21.2 Å². The smallest absolute Gasteiger partial charge is 0.288 e. The predicted octanol–water partition coefficient (Wildman–Crippen LogP) is 2.35. The van der Waals surface area contributed by atoms with Gasteiger partial charge < -0.3 is 19.8 Å². The van der Waals surface area contributed by atoms with Crippen LogP contribution in [-0.4, -0.2) is 54.4 Å². The molecule has 0 radical (unpaired) electrons. The van der Waals surface area contributed by atoms with Gasteiger partial charge in [-0.05, 0) is 49.5 Å². The van der Waals surface area contributed by atoms with Gasteiger partial charge >= 0.3 is 0 Å². The number of nitrogens with zero attached hydrogens (tertiary/aromatic N) is 1. The average Bonchev–Trinajstić information content (AvgIpc) is 3.15. The first kappa shape index (κ1) is 21.5. The Morgan fingerprint density at radius 1 is 1.41 bits per heavy atom. The number of rotatable bonds is 6. The van der Waals surface area contributed by atoms with Crippen molar-refractivity contribution in [3.63, 3.8) is 0 Å². The monoisotopic (exact) mass is 375 g/mol. The molecule has 2 N–H and O–H groups in total. The van der Waals surface area contributed by atoms with Crippen LogP contribution >= 0.6 is 0 Å². The molecule has 0 heterocycles. The lowest BCUT2D eigenvalue weighted by atomic mass is 9.89. The van der Waals surface area contributed by atoms with Crippen molar-refractivity contribution < 1.29 is 19.7 Å². The molecule has 27 heavy (non-hydrogen) atoms. The maximum absolute atomic E-state index is 12.3. The van der Waals surface area contributed by atoms with Gasteiger partial charge in [0.25, 0.3) is 5.91 Å². The summed E-state index contributed by atoms with van der Waals surface area (Å²) < 4.78 is 5.41. The van der Waals surface area contributed by atoms with Crippen molar-refractivity contribution in [2.24, 2.45) is 23.7 Å². The molecule has 2 rings (SSSR count). The maximum Gasteiger partial charge on any atom is 0.288 e. The summed E-state index contributed by atoms with van der Waals surface area (Å²) in [5.41, 5.74) is 1.05. The molecule has 0 spiro atoms. The Labute approximate surface area is 163 Å². The highest BCUT2D eigenvalue weighted by atomic mass is 16.5. The van der Waals surface area contributed by atoms with Gasteiger partial charge in [-0.2, -0.15) is 0 Å². The van der Waals surface area contributed by atoms with E-state index >= 15 is 0 Å². The van der Waals surface area contributed by atoms with Gasteiger partial charge in [0.05, 0.1) is 19.3 Å². The van der Waals surface area contributed by atoms with Crippen LogP contribution in [0.3, 0.4) is 0 Å². The molecule has 5 nitrogen and oxygen atoms in total. The molecule has 0 aromatic carbocycles. The van der Waals surface area contributed by atoms with Crippen LogP contribution in [0.4, 0.5) is 0 Å². The minimum atomic E-state index is -0.571. The Hall–Kier alpha value is -1.77. The summed E-state index contributed by atoms with van der Waals surface area (Å²) in [4.78, 5) is 13.9. The first-order valence-corrected chi connectivity index (χ1v) is 9.71. The fraction of sp³-hybridized carbons (Fsp3) is 0.682. The summed E-state index contributed by atoms with van der Waals surface area (Å²) in [6.45, 7) is 3.77. The van der Waals surface area contributed by atoms with Gasteiger partial charge in [-0.25, -0.2) is 0 Å². The number of likely N-dealkylation sites (N-methyl/N-ethyl adjacent to an activating group) is 1. The van der Waals surface area contributed by atoms with Gasteiger partial charge in [0.15, 0.2) is 5.76 Å². The molecule has 0 aromatic rings. The van der Waals surface area contributed by atoms with Gasteiger partial charge in [-0.1, -0.05) is 19.1 Å². The maximum atomic E-state index is 12.3. The summed E-state index contributed by atoms with van der Waals surface area (Å²) in [6.07, 6.45) is 5.74. The van der Waals surface area contributed by atoms with E-state index in [1.807, 2.05) is 19.1 Å². The first-order chi connectivity index (χ1) is 12.8. The summed E-state index contributed by atoms with van der Waals surface area (Å²) >= 11 is 0. The number of fused-ring (bicyclic) bond motifs is 1. The van der Waals surface area contributed by atoms with E-state index < -0.39 is 12.2 Å². The van der Waals surface area contributed by atoms with E-state index in [1.165, 1.54) is 4.90 Å². The van der Waals surface area contributed by atoms with Crippen LogP contribution < -0.4 is 0 Å². The van der Waals surface area contributed by atoms with E-state index in [9.17, 15) is 15.0 Å². The number of aliphatic hydroxyl groups is 2. The molecular weight excluding hydrogens is 342 g/mol. The topological polar surface area (TPSA) is 70.0 Å². The number of aliphatic hydroxyl groups excluding tert-OH is 2. The molecule has 2 saturated carbocycles. The number of carbonyl (C=O) groups is 1. The summed E-state index contributed by atoms with van der Waals surface area (Å²) in [5, 5.41) is 20.8. The van der Waals surface area contributed by atoms with Crippen LogP contribution in [0.25, 0.3) is 0 Å². The highest BCUT2D eigenvalue weighted by Crippen LogP contribution is 2.51. The molecule has 0 unspecified atom stereocenters. The number of ether oxygens (including phenoxy) is 1. The number of allylic oxidation sites excluding steroid dienone is 1. The Balaban J connectivity index is 2.11. The lowest BCUT2D eigenvalue weighted by molar-refractivity contribution is -0.128. The number of amides is 1. The molecule has 1 amide bonds. The van der Waals surface area contributed by atoms with E-state index in [4.69, 9.17) is 4.74 Å². The third kappa shape index (κ3) is 4.94. The van der Waals surface area contributed by atoms with Crippen molar-refractivity contribution in [1.29, 1.82) is 0 Å². The highest BCUT2D eigenvalue weighted by Gasteiger charge is 2.46. The van der Waals surface area contributed by atoms with Crippen LogP contribution in [-0.2, 0) is 9.53 Å². The Kier molecular flexibility index (Phi) is 7.52. The van der Waals surface area contributed by atoms with Gasteiger partial charge in [-0.3, -0.25) is 4.79 Å². The van der Waals surface area contributed by atoms with Crippen LogP contribution in [0.1, 0.15) is 39.5 Å². The molecule has 2 aliphatic carbocycles. The van der Waals surface area contributed by atoms with Crippen molar-refractivity contribution in [1.82, 2.24) is 4.90 Å². The number of carbonyl (C=O) groups excluding carboxylic acids is 1. The molecule has 0 saturated heterocycles. The van der Waals surface area contributed by atoms with Crippen LogP contribution in [0.2, 0.25) is 0 Å². The number of methoxy groups -OCH3 is 1. The molecular formula is C22H33NO4. The zero-order valence-corrected chi connectivity index (χ0v) is 17.1. The van der Waals surface area contributed by atoms with E-state index in [0.717, 1.165) is 24.8 Å². The standard InChI is InChI=1S/C22H33NO4/c1-6-7-8-14(2)19(24)10-9-17-18-12-16(11-15(18)13-20(17)25)21(27-5)22(26)23(3)4/h9-10,14-15,17-20,24-25H,8,11-13H2,1-5H3/t14-,15-,17+,18-,19+,20+/m0/s1. The minimum Gasteiger partial charge on any atom is -0.491 e. The normalized spacial score (nSPS) is 31.1. The number of hydrogen-bond donors (Lipinski definition) is 2. The summed E-state index contributed by atoms with van der Waals surface area (Å²) in [6, 6.07) is 0. The predicted molar refractivity (Wildman–Crippen MR) is 105 cm³/mol. The minimum absolute atomic E-state index is 0.000765. The average molecular weight is 376 g/mol. The first-order valence-electron chi connectivity index (χ1n) is 9.71. The molecule has 2 fully saturated rings. The van der Waals surface area contributed by atoms with E-state index in [-0.39, 0.29) is 23.7 Å². The summed E-state index contributed by atoms with van der Waals surface area (Å²) in [7, 11) is 4.98. The lowest BCUT2D eigenvalue weighted by Crippen LogP contribution is -2.25. The van der Waals surface area contributed by atoms with Crippen LogP contribution in [0, 0.1) is 35.5 Å². The Bertz CT molecular complexity index is 655. The molecule has 5 heteroatoms. The van der Waals surface area contributed by atoms with Crippen molar-refractivity contribution in [2.45, 2.75) is 51.7 Å². The Morgan fingerprint density at radius 3 is 2.70 bits per heavy atom. The molecule has 150 valence electrons. The van der Waals surface area contributed by atoms with Gasteiger partial charge in [0, 0.05) is 26.4 Å². The van der Waals surface area contributed by atoms with Gasteiger partial charge in [0.2, 0.25) is 0 Å². The molecule has 0 bridgehead atoms. The molecule has 0 aromatic heterocycles. The van der Waals surface area contributed by atoms with Crippen LogP contribution in [0.5, 0.6) is 0 Å². The molecule has 0 aliphatic heterocycles. The van der Waals surface area contributed by atoms with Crippen LogP contribution in [0.15, 0.2) is 23.5 Å². The zero-order valence-electron chi connectivity index (χ0n) is 17.1. The number of hydrogen-bond acceptors (Lipinski definition) is 4. The van der Waals surface area contributed by atoms with E-state index in [2.05, 4.69) is 11.8 Å². The second-order valence-electron chi connectivity index (χ2n) is 8.03. The molecule has 6 atom stereocenters. The highest BCUT2D eigenvalue weighted by molar-refractivity contribution is 5.92. The van der Waals surface area contributed by atoms with Crippen molar-refractivity contribution >= 4 is 5.91 Å². The fourth-order valence-corrected chi connectivity index (χ4v) is 4.32. The van der Waals surface area contributed by atoms with Crippen molar-refractivity contribution in [3.8, 4) is 11.8 Å². The van der Waals surface area contributed by atoms with Gasteiger partial charge in [0.1, 0.15) is 0 Å². The van der Waals surface area contributed by atoms with Crippen molar-refractivity contribution in [3.05, 3.63) is 23.5 Å². The second kappa shape index (κ2) is 9.43. The SMILES string of the molecule is CC#CC[C@H](C)[C@H](O)C=C[C@@H]1[C@H]2CC(=C(OC)C(=O)N(C)C)C[C@H]2C[C@H]1O. The largest absolute Gasteiger partial charge is 0.491 e. The van der Waals surface area contributed by atoms with E-state index in [0.29, 0.717) is 18.1 Å². The third-order valence-electron chi connectivity index (χ3n) is 5.92. The zero-order chi connectivity index (χ0) is 20.1. The fourth-order valence-electron chi connectivity index (χ4n) is 4.32. The lowest BCUT2D eigenvalue weighted by Gasteiger charge is -2.20. The third-order valence-corrected chi connectivity index (χ3v) is 5.92. The second-order valence-corrected chi connectivity index (χ2v) is 8.03. The quantitative estimate of drug-likeness (QED) is 0.324.